The zero-order chi connectivity index (χ0) is 19.9. The molecule has 0 atom stereocenters. The number of hydrogen-bond acceptors (Lipinski definition) is 4. The van der Waals surface area contributed by atoms with Gasteiger partial charge in [0, 0.05) is 43.3 Å². The van der Waals surface area contributed by atoms with Gasteiger partial charge in [-0.25, -0.2) is 17.6 Å². The van der Waals surface area contributed by atoms with E-state index in [1.807, 2.05) is 0 Å². The van der Waals surface area contributed by atoms with Gasteiger partial charge in [0.2, 0.25) is 10.0 Å². The van der Waals surface area contributed by atoms with E-state index in [-0.39, 0.29) is 4.90 Å². The molecule has 2 aromatic carbocycles. The Labute approximate surface area is 161 Å². The van der Waals surface area contributed by atoms with Crippen LogP contribution in [0.1, 0.15) is 0 Å². The highest BCUT2D eigenvalue weighted by Gasteiger charge is 2.25. The Balaban J connectivity index is 1.74. The van der Waals surface area contributed by atoms with Gasteiger partial charge in [0.25, 0.3) is 0 Å². The predicted molar refractivity (Wildman–Crippen MR) is 104 cm³/mol. The fourth-order valence-corrected chi connectivity index (χ4v) is 4.89. The van der Waals surface area contributed by atoms with E-state index in [1.165, 1.54) is 27.2 Å². The van der Waals surface area contributed by atoms with Crippen LogP contribution in [0.3, 0.4) is 0 Å². The summed E-state index contributed by atoms with van der Waals surface area (Å²) >= 11 is 0. The number of amides is 1. The first-order valence-corrected chi connectivity index (χ1v) is 10.2. The van der Waals surface area contributed by atoms with Gasteiger partial charge in [-0.2, -0.15) is 4.31 Å². The summed E-state index contributed by atoms with van der Waals surface area (Å²) in [6, 6.07) is 9.85. The molecule has 4 rings (SSSR count). The van der Waals surface area contributed by atoms with E-state index < -0.39 is 21.9 Å². The summed E-state index contributed by atoms with van der Waals surface area (Å²) < 4.78 is 41.8. The Hall–Kier alpha value is -2.75. The van der Waals surface area contributed by atoms with Gasteiger partial charge in [-0.05, 0) is 35.9 Å². The minimum absolute atomic E-state index is 0.211. The lowest BCUT2D eigenvalue weighted by Crippen LogP contribution is -2.46. The van der Waals surface area contributed by atoms with Gasteiger partial charge in [-0.3, -0.25) is 4.57 Å². The molecule has 28 heavy (non-hydrogen) atoms. The average Bonchev–Trinajstić information content (AvgIpc) is 3.07. The molecule has 0 saturated carbocycles. The molecule has 9 heteroatoms. The van der Waals surface area contributed by atoms with Crippen LogP contribution in [0.4, 0.5) is 9.18 Å². The van der Waals surface area contributed by atoms with E-state index in [0.717, 1.165) is 0 Å². The molecule has 3 N–H and O–H groups in total. The number of aromatic nitrogens is 1. The van der Waals surface area contributed by atoms with Crippen molar-refractivity contribution in [2.75, 3.05) is 26.2 Å². The van der Waals surface area contributed by atoms with Gasteiger partial charge in [0.05, 0.1) is 10.4 Å². The number of rotatable bonds is 3. The van der Waals surface area contributed by atoms with Crippen LogP contribution in [-0.2, 0) is 10.0 Å². The van der Waals surface area contributed by atoms with E-state index in [0.29, 0.717) is 48.2 Å². The number of nitrogens with zero attached hydrogens (tertiary/aromatic N) is 2. The van der Waals surface area contributed by atoms with Crippen LogP contribution >= 0.6 is 0 Å². The monoisotopic (exact) mass is 402 g/mol. The molecule has 1 amide bonds. The van der Waals surface area contributed by atoms with Crippen LogP contribution < -0.4 is 11.1 Å². The average molecular weight is 402 g/mol. The normalized spacial score (nSPS) is 15.8. The van der Waals surface area contributed by atoms with Crippen molar-refractivity contribution < 1.29 is 17.6 Å². The van der Waals surface area contributed by atoms with Crippen molar-refractivity contribution >= 4 is 27.0 Å². The molecule has 0 unspecified atom stereocenters. The number of primary amides is 1. The summed E-state index contributed by atoms with van der Waals surface area (Å²) in [5.41, 5.74) is 7.13. The maximum Gasteiger partial charge on any atom is 0.323 e. The zero-order valence-electron chi connectivity index (χ0n) is 14.9. The highest BCUT2D eigenvalue weighted by Crippen LogP contribution is 2.32. The smallest absolute Gasteiger partial charge is 0.323 e. The molecule has 1 aliphatic rings. The predicted octanol–water partition coefficient (Wildman–Crippen LogP) is 1.97. The molecule has 0 aliphatic carbocycles. The second kappa shape index (κ2) is 7.01. The molecule has 1 aromatic heterocycles. The van der Waals surface area contributed by atoms with Gasteiger partial charge < -0.3 is 11.1 Å². The molecule has 0 spiro atoms. The number of nitrogens with one attached hydrogen (secondary N) is 1. The summed E-state index contributed by atoms with van der Waals surface area (Å²) in [7, 11) is -3.55. The lowest BCUT2D eigenvalue weighted by Gasteiger charge is -2.26. The first-order valence-electron chi connectivity index (χ1n) is 8.79. The number of carbonyl (C=O) groups excluding carboxylic acids is 1. The molecular formula is C19H19FN4O3S. The molecule has 1 saturated heterocycles. The fourth-order valence-electron chi connectivity index (χ4n) is 3.45. The third kappa shape index (κ3) is 3.17. The Bertz CT molecular complexity index is 1150. The van der Waals surface area contributed by atoms with Crippen molar-refractivity contribution in [2.24, 2.45) is 5.73 Å². The number of sulfonamides is 1. The molecule has 1 aliphatic heterocycles. The summed E-state index contributed by atoms with van der Waals surface area (Å²) in [5.74, 6) is -0.475. The van der Waals surface area contributed by atoms with E-state index in [2.05, 4.69) is 5.32 Å². The summed E-state index contributed by atoms with van der Waals surface area (Å²) in [6.07, 6.45) is 1.53. The number of nitrogens with two attached hydrogens (primary N) is 1. The largest absolute Gasteiger partial charge is 0.351 e. The fraction of sp³-hybridized carbons (Fsp3) is 0.211. The van der Waals surface area contributed by atoms with Gasteiger partial charge >= 0.3 is 6.03 Å². The van der Waals surface area contributed by atoms with Crippen molar-refractivity contribution in [3.63, 3.8) is 0 Å². The Morgan fingerprint density at radius 3 is 2.39 bits per heavy atom. The van der Waals surface area contributed by atoms with Crippen LogP contribution in [0.25, 0.3) is 22.0 Å². The van der Waals surface area contributed by atoms with Crippen LogP contribution in [0, 0.1) is 5.82 Å². The highest BCUT2D eigenvalue weighted by molar-refractivity contribution is 7.89. The first kappa shape index (κ1) is 18.6. The molecule has 146 valence electrons. The maximum absolute atomic E-state index is 13.6. The van der Waals surface area contributed by atoms with E-state index in [1.54, 1.807) is 30.3 Å². The second-order valence-corrected chi connectivity index (χ2v) is 8.53. The van der Waals surface area contributed by atoms with Crippen LogP contribution in [0.15, 0.2) is 53.6 Å². The molecule has 3 aromatic rings. The summed E-state index contributed by atoms with van der Waals surface area (Å²) in [4.78, 5) is 11.9. The number of carbonyl (C=O) groups is 1. The molecule has 2 heterocycles. The van der Waals surface area contributed by atoms with E-state index in [9.17, 15) is 17.6 Å². The lowest BCUT2D eigenvalue weighted by atomic mass is 10.1. The number of fused-ring (bicyclic) bond motifs is 1. The second-order valence-electron chi connectivity index (χ2n) is 6.59. The van der Waals surface area contributed by atoms with E-state index >= 15 is 0 Å². The van der Waals surface area contributed by atoms with Crippen molar-refractivity contribution in [3.8, 4) is 11.1 Å². The third-order valence-corrected chi connectivity index (χ3v) is 6.80. The Kier molecular flexibility index (Phi) is 4.66. The molecular weight excluding hydrogens is 383 g/mol. The number of halogens is 1. The number of hydrogen-bond donors (Lipinski definition) is 2. The van der Waals surface area contributed by atoms with E-state index in [4.69, 9.17) is 5.73 Å². The first-order chi connectivity index (χ1) is 13.4. The minimum atomic E-state index is -3.55. The van der Waals surface area contributed by atoms with Gasteiger partial charge in [-0.1, -0.05) is 12.1 Å². The van der Waals surface area contributed by atoms with Gasteiger partial charge in [-0.15, -0.1) is 0 Å². The van der Waals surface area contributed by atoms with Gasteiger partial charge in [0.1, 0.15) is 5.82 Å². The lowest BCUT2D eigenvalue weighted by molar-refractivity contribution is 0.251. The Morgan fingerprint density at radius 2 is 1.75 bits per heavy atom. The SMILES string of the molecule is NC(=O)n1cc(-c2ccc(S(=O)(=O)N3CCNCC3)cc2)c2ccc(F)cc21. The van der Waals surface area contributed by atoms with Crippen molar-refractivity contribution in [2.45, 2.75) is 4.90 Å². The van der Waals surface area contributed by atoms with Crippen LogP contribution in [-0.4, -0.2) is 49.5 Å². The summed E-state index contributed by atoms with van der Waals surface area (Å²) in [6.45, 7) is 2.12. The van der Waals surface area contributed by atoms with Crippen LogP contribution in [0.2, 0.25) is 0 Å². The highest BCUT2D eigenvalue weighted by atomic mass is 32.2. The van der Waals surface area contributed by atoms with Crippen molar-refractivity contribution in [3.05, 3.63) is 54.5 Å². The number of benzene rings is 2. The number of piperazine rings is 1. The molecule has 0 bridgehead atoms. The molecule has 7 nitrogen and oxygen atoms in total. The van der Waals surface area contributed by atoms with Crippen molar-refractivity contribution in [1.29, 1.82) is 0 Å². The van der Waals surface area contributed by atoms with Crippen molar-refractivity contribution in [1.82, 2.24) is 14.2 Å². The van der Waals surface area contributed by atoms with Crippen LogP contribution in [0.5, 0.6) is 0 Å². The quantitative estimate of drug-likeness (QED) is 0.700. The molecule has 0 radical (unpaired) electrons. The maximum atomic E-state index is 13.6. The van der Waals surface area contributed by atoms with Gasteiger partial charge in [0.15, 0.2) is 0 Å². The topological polar surface area (TPSA) is 97.4 Å². The summed E-state index contributed by atoms with van der Waals surface area (Å²) in [5, 5.41) is 3.78. The molecule has 1 fully saturated rings. The Morgan fingerprint density at radius 1 is 1.07 bits per heavy atom. The standard InChI is InChI=1S/C19H19FN4O3S/c20-14-3-6-16-17(12-24(19(21)25)18(16)11-14)13-1-4-15(5-2-13)28(26,27)23-9-7-22-8-10-23/h1-6,11-12,22H,7-10H2,(H2,21,25). The third-order valence-electron chi connectivity index (χ3n) is 4.88. The minimum Gasteiger partial charge on any atom is -0.351 e. The zero-order valence-corrected chi connectivity index (χ0v) is 15.7.